The van der Waals surface area contributed by atoms with Crippen molar-refractivity contribution in [2.24, 2.45) is 0 Å². The maximum absolute atomic E-state index is 11.3. The van der Waals surface area contributed by atoms with E-state index < -0.39 is 0 Å². The Morgan fingerprint density at radius 2 is 2.16 bits per heavy atom. The first-order valence-corrected chi connectivity index (χ1v) is 6.18. The molecule has 4 nitrogen and oxygen atoms in total. The van der Waals surface area contributed by atoms with Gasteiger partial charge in [0.15, 0.2) is 5.76 Å². The van der Waals surface area contributed by atoms with Crippen LogP contribution in [0.1, 0.15) is 21.9 Å². The third kappa shape index (κ3) is 3.09. The minimum atomic E-state index is -0.264. The van der Waals surface area contributed by atoms with Gasteiger partial charge in [0, 0.05) is 7.05 Å². The lowest BCUT2D eigenvalue weighted by Gasteiger charge is -2.09. The molecule has 0 atom stereocenters. The second kappa shape index (κ2) is 5.80. The van der Waals surface area contributed by atoms with Crippen molar-refractivity contribution >= 4 is 17.5 Å². The molecule has 2 aromatic rings. The summed E-state index contributed by atoms with van der Waals surface area (Å²) < 4.78 is 11.0. The van der Waals surface area contributed by atoms with Crippen LogP contribution in [0, 0.1) is 6.92 Å². The van der Waals surface area contributed by atoms with Crippen LogP contribution in [0.25, 0.3) is 0 Å². The van der Waals surface area contributed by atoms with Crippen LogP contribution in [-0.2, 0) is 6.61 Å². The number of para-hydroxylation sites is 1. The van der Waals surface area contributed by atoms with Gasteiger partial charge in [0.2, 0.25) is 0 Å². The van der Waals surface area contributed by atoms with E-state index >= 15 is 0 Å². The van der Waals surface area contributed by atoms with Gasteiger partial charge in [0.05, 0.1) is 5.02 Å². The quantitative estimate of drug-likeness (QED) is 0.935. The third-order valence-electron chi connectivity index (χ3n) is 2.64. The Kier molecular flexibility index (Phi) is 4.12. The van der Waals surface area contributed by atoms with E-state index in [1.165, 1.54) is 0 Å². The molecule has 0 saturated carbocycles. The van der Waals surface area contributed by atoms with Crippen molar-refractivity contribution < 1.29 is 13.9 Å². The molecule has 1 aromatic carbocycles. The molecule has 1 aromatic heterocycles. The highest BCUT2D eigenvalue weighted by atomic mass is 35.5. The Hall–Kier alpha value is -1.94. The van der Waals surface area contributed by atoms with Crippen LogP contribution in [0.5, 0.6) is 5.75 Å². The first kappa shape index (κ1) is 13.5. The first-order chi connectivity index (χ1) is 9.11. The van der Waals surface area contributed by atoms with Crippen molar-refractivity contribution in [3.63, 3.8) is 0 Å². The number of furan rings is 1. The fourth-order valence-electron chi connectivity index (χ4n) is 1.64. The number of hydrogen-bond acceptors (Lipinski definition) is 3. The minimum Gasteiger partial charge on any atom is -0.484 e. The summed E-state index contributed by atoms with van der Waals surface area (Å²) in [6.07, 6.45) is 0. The summed E-state index contributed by atoms with van der Waals surface area (Å²) in [6.45, 7) is 2.14. The molecule has 0 aliphatic rings. The maximum atomic E-state index is 11.3. The normalized spacial score (nSPS) is 10.3. The summed E-state index contributed by atoms with van der Waals surface area (Å²) >= 11 is 6.05. The zero-order chi connectivity index (χ0) is 13.8. The molecule has 0 saturated heterocycles. The SMILES string of the molecule is CNC(=O)c1ccc(COc2c(C)cccc2Cl)o1. The van der Waals surface area contributed by atoms with Crippen molar-refractivity contribution in [3.8, 4) is 5.75 Å². The molecule has 1 amide bonds. The van der Waals surface area contributed by atoms with Gasteiger partial charge in [0.25, 0.3) is 5.91 Å². The Balaban J connectivity index is 2.07. The summed E-state index contributed by atoms with van der Waals surface area (Å²) in [6, 6.07) is 8.86. The molecule has 0 unspecified atom stereocenters. The zero-order valence-corrected chi connectivity index (χ0v) is 11.5. The fraction of sp³-hybridized carbons (Fsp3) is 0.214. The Morgan fingerprint density at radius 1 is 1.37 bits per heavy atom. The predicted molar refractivity (Wildman–Crippen MR) is 72.6 cm³/mol. The Bertz CT molecular complexity index is 572. The van der Waals surface area contributed by atoms with Gasteiger partial charge in [-0.2, -0.15) is 0 Å². The van der Waals surface area contributed by atoms with Crippen LogP contribution in [0.3, 0.4) is 0 Å². The number of amides is 1. The van der Waals surface area contributed by atoms with Gasteiger partial charge >= 0.3 is 0 Å². The van der Waals surface area contributed by atoms with Crippen molar-refractivity contribution in [2.45, 2.75) is 13.5 Å². The molecule has 0 bridgehead atoms. The van der Waals surface area contributed by atoms with E-state index in [2.05, 4.69) is 5.32 Å². The molecular weight excluding hydrogens is 266 g/mol. The van der Waals surface area contributed by atoms with Gasteiger partial charge in [-0.1, -0.05) is 23.7 Å². The second-order valence-electron chi connectivity index (χ2n) is 4.02. The van der Waals surface area contributed by atoms with E-state index in [9.17, 15) is 4.79 Å². The van der Waals surface area contributed by atoms with E-state index in [0.29, 0.717) is 16.5 Å². The molecule has 5 heteroatoms. The number of nitrogens with one attached hydrogen (secondary N) is 1. The van der Waals surface area contributed by atoms with Crippen LogP contribution in [0.4, 0.5) is 0 Å². The van der Waals surface area contributed by atoms with Crippen molar-refractivity contribution in [1.82, 2.24) is 5.32 Å². The number of halogens is 1. The van der Waals surface area contributed by atoms with E-state index in [1.807, 2.05) is 19.1 Å². The number of rotatable bonds is 4. The lowest BCUT2D eigenvalue weighted by Crippen LogP contribution is -2.16. The monoisotopic (exact) mass is 279 g/mol. The summed E-state index contributed by atoms with van der Waals surface area (Å²) in [7, 11) is 1.55. The molecule has 2 rings (SSSR count). The summed E-state index contributed by atoms with van der Waals surface area (Å²) in [5.41, 5.74) is 0.950. The lowest BCUT2D eigenvalue weighted by molar-refractivity contribution is 0.0931. The highest BCUT2D eigenvalue weighted by Gasteiger charge is 2.11. The van der Waals surface area contributed by atoms with Crippen molar-refractivity contribution in [3.05, 3.63) is 52.4 Å². The van der Waals surface area contributed by atoms with Crippen LogP contribution in [0.15, 0.2) is 34.7 Å². The van der Waals surface area contributed by atoms with Gasteiger partial charge in [-0.05, 0) is 30.7 Å². The molecule has 0 aliphatic carbocycles. The first-order valence-electron chi connectivity index (χ1n) is 5.80. The molecule has 1 heterocycles. The fourth-order valence-corrected chi connectivity index (χ4v) is 1.92. The molecule has 0 radical (unpaired) electrons. The number of benzene rings is 1. The zero-order valence-electron chi connectivity index (χ0n) is 10.7. The van der Waals surface area contributed by atoms with Crippen LogP contribution in [0.2, 0.25) is 5.02 Å². The standard InChI is InChI=1S/C14H14ClNO3/c1-9-4-3-5-11(15)13(9)18-8-10-6-7-12(19-10)14(17)16-2/h3-7H,8H2,1-2H3,(H,16,17). The Morgan fingerprint density at radius 3 is 2.84 bits per heavy atom. The van der Waals surface area contributed by atoms with Crippen LogP contribution < -0.4 is 10.1 Å². The molecule has 0 spiro atoms. The highest BCUT2D eigenvalue weighted by Crippen LogP contribution is 2.28. The molecule has 1 N–H and O–H groups in total. The number of aryl methyl sites for hydroxylation is 1. The minimum absolute atomic E-state index is 0.224. The van der Waals surface area contributed by atoms with E-state index in [-0.39, 0.29) is 18.3 Å². The average Bonchev–Trinajstić information content (AvgIpc) is 2.86. The van der Waals surface area contributed by atoms with Gasteiger partial charge in [0.1, 0.15) is 18.1 Å². The maximum Gasteiger partial charge on any atom is 0.286 e. The Labute approximate surface area is 116 Å². The molecular formula is C14H14ClNO3. The van der Waals surface area contributed by atoms with Crippen molar-refractivity contribution in [2.75, 3.05) is 7.05 Å². The number of hydrogen-bond donors (Lipinski definition) is 1. The van der Waals surface area contributed by atoms with Crippen molar-refractivity contribution in [1.29, 1.82) is 0 Å². The van der Waals surface area contributed by atoms with Gasteiger partial charge in [-0.25, -0.2) is 0 Å². The number of ether oxygens (including phenoxy) is 1. The van der Waals surface area contributed by atoms with E-state index in [1.54, 1.807) is 25.2 Å². The van der Waals surface area contributed by atoms with E-state index in [0.717, 1.165) is 5.56 Å². The molecule has 0 fully saturated rings. The average molecular weight is 280 g/mol. The van der Waals surface area contributed by atoms with Gasteiger partial charge < -0.3 is 14.5 Å². The molecule has 0 aliphatic heterocycles. The number of carbonyl (C=O) groups excluding carboxylic acids is 1. The van der Waals surface area contributed by atoms with Gasteiger partial charge in [-0.3, -0.25) is 4.79 Å². The van der Waals surface area contributed by atoms with Crippen LogP contribution in [-0.4, -0.2) is 13.0 Å². The van der Waals surface area contributed by atoms with Crippen LogP contribution >= 0.6 is 11.6 Å². The lowest BCUT2D eigenvalue weighted by atomic mass is 10.2. The van der Waals surface area contributed by atoms with Gasteiger partial charge in [-0.15, -0.1) is 0 Å². The third-order valence-corrected chi connectivity index (χ3v) is 2.93. The second-order valence-corrected chi connectivity index (χ2v) is 4.43. The largest absolute Gasteiger partial charge is 0.484 e. The molecule has 19 heavy (non-hydrogen) atoms. The smallest absolute Gasteiger partial charge is 0.286 e. The van der Waals surface area contributed by atoms with E-state index in [4.69, 9.17) is 20.8 Å². The predicted octanol–water partition coefficient (Wildman–Crippen LogP) is 3.18. The summed E-state index contributed by atoms with van der Waals surface area (Å²) in [5.74, 6) is 1.19. The highest BCUT2D eigenvalue weighted by molar-refractivity contribution is 6.32. The number of carbonyl (C=O) groups is 1. The summed E-state index contributed by atoms with van der Waals surface area (Å²) in [5, 5.41) is 3.05. The topological polar surface area (TPSA) is 51.5 Å². The molecule has 100 valence electrons. The summed E-state index contributed by atoms with van der Waals surface area (Å²) in [4.78, 5) is 11.3.